The van der Waals surface area contributed by atoms with Crippen molar-refractivity contribution < 1.29 is 4.42 Å². The molecule has 0 amide bonds. The van der Waals surface area contributed by atoms with Gasteiger partial charge in [0.2, 0.25) is 0 Å². The number of aromatic nitrogens is 3. The lowest BCUT2D eigenvalue weighted by molar-refractivity contribution is 0.670. The molecule has 12 aromatic rings. The molecule has 4 nitrogen and oxygen atoms in total. The Labute approximate surface area is 325 Å². The molecule has 0 aliphatic rings. The number of benzene rings is 9. The Hall–Kier alpha value is -7.21. The number of rotatable bonds is 4. The summed E-state index contributed by atoms with van der Waals surface area (Å²) in [4.78, 5) is 15.6. The molecule has 0 aliphatic carbocycles. The van der Waals surface area contributed by atoms with Gasteiger partial charge in [-0.05, 0) is 74.3 Å². The van der Waals surface area contributed by atoms with E-state index in [9.17, 15) is 0 Å². The minimum absolute atomic E-state index is 0.598. The zero-order valence-electron chi connectivity index (χ0n) is 29.9. The predicted octanol–water partition coefficient (Wildman–Crippen LogP) is 14.3. The van der Waals surface area contributed by atoms with E-state index in [0.717, 1.165) is 55.1 Å². The van der Waals surface area contributed by atoms with E-state index in [1.165, 1.54) is 47.1 Å². The summed E-state index contributed by atoms with van der Waals surface area (Å²) in [5, 5.41) is 11.8. The van der Waals surface area contributed by atoms with Gasteiger partial charge in [-0.3, -0.25) is 0 Å². The second kappa shape index (κ2) is 12.2. The first-order valence-corrected chi connectivity index (χ1v) is 19.6. The number of hydrogen-bond acceptors (Lipinski definition) is 5. The molecule has 9 aromatic carbocycles. The van der Waals surface area contributed by atoms with E-state index in [1.54, 1.807) is 0 Å². The van der Waals surface area contributed by atoms with Gasteiger partial charge in [0.25, 0.3) is 0 Å². The normalized spacial score (nSPS) is 11.9. The molecule has 0 fully saturated rings. The highest BCUT2D eigenvalue weighted by molar-refractivity contribution is 7.26. The Morgan fingerprint density at radius 3 is 1.88 bits per heavy atom. The number of furan rings is 1. The summed E-state index contributed by atoms with van der Waals surface area (Å²) >= 11 is 1.84. The van der Waals surface area contributed by atoms with Crippen LogP contribution in [0.4, 0.5) is 0 Å². The number of nitrogens with zero attached hydrogens (tertiary/aromatic N) is 3. The molecule has 0 aliphatic heterocycles. The maximum absolute atomic E-state index is 6.87. The van der Waals surface area contributed by atoms with Crippen LogP contribution in [0.15, 0.2) is 180 Å². The van der Waals surface area contributed by atoms with Crippen molar-refractivity contribution in [1.82, 2.24) is 15.0 Å². The van der Waals surface area contributed by atoms with Gasteiger partial charge in [0.1, 0.15) is 11.2 Å². The SMILES string of the molecule is c1ccc(-c2nc(-c3ccc4c(ccc5ccccc54)c3)nc(-c3ccc(-c4cccc5sc6ccc7ccccc7c6c45)c4oc5ccccc5c34)n2)cc1. The van der Waals surface area contributed by atoms with Crippen molar-refractivity contribution in [3.63, 3.8) is 0 Å². The van der Waals surface area contributed by atoms with Gasteiger partial charge in [-0.15, -0.1) is 11.3 Å². The van der Waals surface area contributed by atoms with Gasteiger partial charge < -0.3 is 4.42 Å². The third kappa shape index (κ3) is 4.75. The lowest BCUT2D eigenvalue weighted by Gasteiger charge is -2.12. The van der Waals surface area contributed by atoms with Crippen LogP contribution in [0.3, 0.4) is 0 Å². The Kier molecular flexibility index (Phi) is 6.76. The monoisotopic (exact) mass is 731 g/mol. The lowest BCUT2D eigenvalue weighted by atomic mass is 9.94. The fourth-order valence-electron chi connectivity index (χ4n) is 8.53. The summed E-state index contributed by atoms with van der Waals surface area (Å²) in [5.74, 6) is 1.84. The van der Waals surface area contributed by atoms with E-state index in [4.69, 9.17) is 19.4 Å². The highest BCUT2D eigenvalue weighted by Gasteiger charge is 2.23. The molecule has 0 atom stereocenters. The second-order valence-corrected chi connectivity index (χ2v) is 15.4. The largest absolute Gasteiger partial charge is 0.455 e. The predicted molar refractivity (Wildman–Crippen MR) is 234 cm³/mol. The van der Waals surface area contributed by atoms with Crippen LogP contribution in [0.1, 0.15) is 0 Å². The van der Waals surface area contributed by atoms with Gasteiger partial charge in [-0.25, -0.2) is 15.0 Å². The molecular formula is C51H29N3OS. The molecular weight excluding hydrogens is 703 g/mol. The maximum Gasteiger partial charge on any atom is 0.164 e. The van der Waals surface area contributed by atoms with Crippen LogP contribution in [-0.2, 0) is 0 Å². The standard InChI is InChI=1S/C51H29N3OS/c1-2-13-32(14-3-1)49-52-50(34-23-25-36-33(29-34)22-21-30-11-4-6-15-35(30)36)54-51(53-49)41-27-26-39(48-45(41)40-17-8-9-19-42(40)55-48)38-18-10-20-43-47(38)46-37-16-7-5-12-31(37)24-28-44(46)56-43/h1-29H. The summed E-state index contributed by atoms with van der Waals surface area (Å²) in [6.07, 6.45) is 0. The van der Waals surface area contributed by atoms with Crippen LogP contribution in [0, 0.1) is 0 Å². The smallest absolute Gasteiger partial charge is 0.164 e. The van der Waals surface area contributed by atoms with E-state index in [2.05, 4.69) is 146 Å². The lowest BCUT2D eigenvalue weighted by Crippen LogP contribution is -2.00. The number of para-hydroxylation sites is 1. The number of thiophene rings is 1. The van der Waals surface area contributed by atoms with Gasteiger partial charge >= 0.3 is 0 Å². The molecule has 0 saturated carbocycles. The number of fused-ring (bicyclic) bond motifs is 11. The average Bonchev–Trinajstić information content (AvgIpc) is 3.86. The van der Waals surface area contributed by atoms with Crippen molar-refractivity contribution in [3.8, 4) is 45.3 Å². The van der Waals surface area contributed by atoms with Gasteiger partial charge in [0, 0.05) is 53.2 Å². The zero-order chi connectivity index (χ0) is 36.7. The van der Waals surface area contributed by atoms with Gasteiger partial charge in [-0.1, -0.05) is 140 Å². The molecule has 12 rings (SSSR count). The minimum atomic E-state index is 0.598. The quantitative estimate of drug-likeness (QED) is 0.169. The van der Waals surface area contributed by atoms with Gasteiger partial charge in [0.05, 0.1) is 0 Å². The van der Waals surface area contributed by atoms with Crippen LogP contribution >= 0.6 is 11.3 Å². The van der Waals surface area contributed by atoms with Crippen molar-refractivity contribution in [3.05, 3.63) is 176 Å². The molecule has 0 bridgehead atoms. The molecule has 0 N–H and O–H groups in total. The van der Waals surface area contributed by atoms with E-state index < -0.39 is 0 Å². The van der Waals surface area contributed by atoms with Crippen LogP contribution in [0.25, 0.3) is 120 Å². The van der Waals surface area contributed by atoms with Crippen molar-refractivity contribution in [2.24, 2.45) is 0 Å². The van der Waals surface area contributed by atoms with Crippen LogP contribution in [0.2, 0.25) is 0 Å². The van der Waals surface area contributed by atoms with Crippen LogP contribution in [-0.4, -0.2) is 15.0 Å². The van der Waals surface area contributed by atoms with E-state index >= 15 is 0 Å². The Morgan fingerprint density at radius 1 is 0.357 bits per heavy atom. The summed E-state index contributed by atoms with van der Waals surface area (Å²) in [7, 11) is 0. The molecule has 0 unspecified atom stereocenters. The third-order valence-corrected chi connectivity index (χ3v) is 12.2. The first kappa shape index (κ1) is 31.2. The summed E-state index contributed by atoms with van der Waals surface area (Å²) in [6, 6.07) is 62.0. The molecule has 0 radical (unpaired) electrons. The highest BCUT2D eigenvalue weighted by atomic mass is 32.1. The van der Waals surface area contributed by atoms with Crippen molar-refractivity contribution in [2.45, 2.75) is 0 Å². The Balaban J connectivity index is 1.12. The molecule has 56 heavy (non-hydrogen) atoms. The number of hydrogen-bond donors (Lipinski definition) is 0. The zero-order valence-corrected chi connectivity index (χ0v) is 30.7. The van der Waals surface area contributed by atoms with Gasteiger partial charge in [-0.2, -0.15) is 0 Å². The molecule has 3 heterocycles. The minimum Gasteiger partial charge on any atom is -0.455 e. The van der Waals surface area contributed by atoms with E-state index in [0.29, 0.717) is 17.5 Å². The Morgan fingerprint density at radius 2 is 1.00 bits per heavy atom. The maximum atomic E-state index is 6.87. The molecule has 0 spiro atoms. The van der Waals surface area contributed by atoms with E-state index in [-0.39, 0.29) is 0 Å². The Bertz CT molecular complexity index is 3550. The van der Waals surface area contributed by atoms with Crippen LogP contribution < -0.4 is 0 Å². The summed E-state index contributed by atoms with van der Waals surface area (Å²) in [6.45, 7) is 0. The van der Waals surface area contributed by atoms with Crippen molar-refractivity contribution in [2.75, 3.05) is 0 Å². The fraction of sp³-hybridized carbons (Fsp3) is 0. The highest BCUT2D eigenvalue weighted by Crippen LogP contribution is 2.47. The first-order chi connectivity index (χ1) is 27.7. The topological polar surface area (TPSA) is 51.8 Å². The summed E-state index contributed by atoms with van der Waals surface area (Å²) in [5.41, 5.74) is 6.58. The van der Waals surface area contributed by atoms with Crippen molar-refractivity contribution >= 4 is 85.8 Å². The van der Waals surface area contributed by atoms with Gasteiger partial charge in [0.15, 0.2) is 17.5 Å². The van der Waals surface area contributed by atoms with Crippen LogP contribution in [0.5, 0.6) is 0 Å². The third-order valence-electron chi connectivity index (χ3n) is 11.1. The fourth-order valence-corrected chi connectivity index (χ4v) is 9.68. The first-order valence-electron chi connectivity index (χ1n) is 18.8. The van der Waals surface area contributed by atoms with E-state index in [1.807, 2.05) is 41.7 Å². The molecule has 3 aromatic heterocycles. The molecule has 5 heteroatoms. The second-order valence-electron chi connectivity index (χ2n) is 14.3. The van der Waals surface area contributed by atoms with Crippen molar-refractivity contribution in [1.29, 1.82) is 0 Å². The molecule has 260 valence electrons. The average molecular weight is 732 g/mol. The summed E-state index contributed by atoms with van der Waals surface area (Å²) < 4.78 is 9.40. The molecule has 0 saturated heterocycles.